The lowest BCUT2D eigenvalue weighted by Crippen LogP contribution is -2.07. The maximum Gasteiger partial charge on any atom is 0.167 e. The molecule has 0 aliphatic rings. The molecule has 0 bridgehead atoms. The minimum absolute atomic E-state index is 0.118. The second-order valence-electron chi connectivity index (χ2n) is 4.34. The summed E-state index contributed by atoms with van der Waals surface area (Å²) in [6.07, 6.45) is 4.62. The van der Waals surface area contributed by atoms with Gasteiger partial charge in [-0.1, -0.05) is 19.1 Å². The van der Waals surface area contributed by atoms with Crippen molar-refractivity contribution < 1.29 is 9.53 Å². The fourth-order valence-electron chi connectivity index (χ4n) is 2.04. The average molecular weight is 255 g/mol. The summed E-state index contributed by atoms with van der Waals surface area (Å²) in [4.78, 5) is 16.4. The van der Waals surface area contributed by atoms with Crippen LogP contribution in [-0.4, -0.2) is 17.9 Å². The van der Waals surface area contributed by atoms with Gasteiger partial charge >= 0.3 is 0 Å². The number of hydrogen-bond acceptors (Lipinski definition) is 3. The van der Waals surface area contributed by atoms with Crippen molar-refractivity contribution >= 4 is 5.78 Å². The first kappa shape index (κ1) is 13.3. The number of aromatic nitrogens is 1. The molecule has 0 N–H and O–H groups in total. The number of carbonyl (C=O) groups is 1. The molecule has 0 fully saturated rings. The summed E-state index contributed by atoms with van der Waals surface area (Å²) in [5.41, 5.74) is 2.72. The third kappa shape index (κ3) is 3.19. The zero-order valence-electron chi connectivity index (χ0n) is 11.2. The standard InChI is InChI=1S/C16H17NO2/c1-3-13-11-17-8-7-15(13)16(18)10-12-5-4-6-14(9-12)19-2/h4-9,11H,3,10H2,1-2H3. The van der Waals surface area contributed by atoms with E-state index in [1.807, 2.05) is 31.2 Å². The van der Waals surface area contributed by atoms with Crippen molar-refractivity contribution in [2.24, 2.45) is 0 Å². The van der Waals surface area contributed by atoms with Crippen molar-refractivity contribution in [3.8, 4) is 5.75 Å². The lowest BCUT2D eigenvalue weighted by atomic mass is 9.99. The Bertz CT molecular complexity index is 578. The summed E-state index contributed by atoms with van der Waals surface area (Å²) in [7, 11) is 1.62. The summed E-state index contributed by atoms with van der Waals surface area (Å²) in [5, 5.41) is 0. The molecule has 1 heterocycles. The van der Waals surface area contributed by atoms with Gasteiger partial charge in [0.1, 0.15) is 5.75 Å². The Balaban J connectivity index is 2.20. The molecule has 19 heavy (non-hydrogen) atoms. The van der Waals surface area contributed by atoms with Gasteiger partial charge in [-0.25, -0.2) is 0 Å². The Labute approximate surface area is 113 Å². The summed E-state index contributed by atoms with van der Waals surface area (Å²) in [6, 6.07) is 9.39. The first-order chi connectivity index (χ1) is 9.24. The van der Waals surface area contributed by atoms with Gasteiger partial charge in [0.2, 0.25) is 0 Å². The largest absolute Gasteiger partial charge is 0.497 e. The summed E-state index contributed by atoms with van der Waals surface area (Å²) < 4.78 is 5.17. The molecular formula is C16H17NO2. The van der Waals surface area contributed by atoms with Crippen molar-refractivity contribution in [1.29, 1.82) is 0 Å². The number of ketones is 1. The van der Waals surface area contributed by atoms with E-state index < -0.39 is 0 Å². The molecule has 1 aromatic carbocycles. The molecule has 0 spiro atoms. The molecule has 2 aromatic rings. The third-order valence-electron chi connectivity index (χ3n) is 3.08. The molecule has 0 aliphatic heterocycles. The fourth-order valence-corrected chi connectivity index (χ4v) is 2.04. The number of hydrogen-bond donors (Lipinski definition) is 0. The Morgan fingerprint density at radius 3 is 2.89 bits per heavy atom. The minimum atomic E-state index is 0.118. The second kappa shape index (κ2) is 6.14. The number of nitrogens with zero attached hydrogens (tertiary/aromatic N) is 1. The second-order valence-corrected chi connectivity index (χ2v) is 4.34. The Morgan fingerprint density at radius 1 is 1.32 bits per heavy atom. The predicted molar refractivity (Wildman–Crippen MR) is 74.6 cm³/mol. The van der Waals surface area contributed by atoms with Crippen molar-refractivity contribution in [1.82, 2.24) is 4.98 Å². The molecule has 0 radical (unpaired) electrons. The zero-order valence-corrected chi connectivity index (χ0v) is 11.2. The van der Waals surface area contributed by atoms with Crippen LogP contribution < -0.4 is 4.74 Å². The smallest absolute Gasteiger partial charge is 0.167 e. The number of ether oxygens (including phenoxy) is 1. The number of rotatable bonds is 5. The number of benzene rings is 1. The normalized spacial score (nSPS) is 10.2. The van der Waals surface area contributed by atoms with E-state index in [1.165, 1.54) is 0 Å². The first-order valence-corrected chi connectivity index (χ1v) is 6.33. The van der Waals surface area contributed by atoms with Crippen LogP contribution in [0, 0.1) is 0 Å². The maximum atomic E-state index is 12.3. The summed E-state index contributed by atoms with van der Waals surface area (Å²) in [6.45, 7) is 2.03. The predicted octanol–water partition coefficient (Wildman–Crippen LogP) is 3.08. The van der Waals surface area contributed by atoms with Gasteiger partial charge in [-0.3, -0.25) is 9.78 Å². The van der Waals surface area contributed by atoms with Crippen LogP contribution in [-0.2, 0) is 12.8 Å². The van der Waals surface area contributed by atoms with Crippen LogP contribution in [0.5, 0.6) is 5.75 Å². The van der Waals surface area contributed by atoms with Crippen LogP contribution in [0.15, 0.2) is 42.7 Å². The molecule has 0 saturated heterocycles. The molecule has 2 rings (SSSR count). The first-order valence-electron chi connectivity index (χ1n) is 6.33. The highest BCUT2D eigenvalue weighted by Gasteiger charge is 2.11. The molecule has 0 saturated carbocycles. The van der Waals surface area contributed by atoms with E-state index in [0.29, 0.717) is 6.42 Å². The Morgan fingerprint density at radius 2 is 2.16 bits per heavy atom. The molecule has 1 aromatic heterocycles. The Hall–Kier alpha value is -2.16. The lowest BCUT2D eigenvalue weighted by Gasteiger charge is -2.07. The number of carbonyl (C=O) groups excluding carboxylic acids is 1. The number of methoxy groups -OCH3 is 1. The summed E-state index contributed by atoms with van der Waals surface area (Å²) in [5.74, 6) is 0.892. The molecule has 0 unspecified atom stereocenters. The van der Waals surface area contributed by atoms with Crippen molar-refractivity contribution in [2.75, 3.05) is 7.11 Å². The molecule has 3 nitrogen and oxygen atoms in total. The van der Waals surface area contributed by atoms with Crippen LogP contribution in [0.2, 0.25) is 0 Å². The van der Waals surface area contributed by atoms with Gasteiger partial charge in [0.05, 0.1) is 7.11 Å². The number of pyridine rings is 1. The molecule has 98 valence electrons. The number of aryl methyl sites for hydroxylation is 1. The van der Waals surface area contributed by atoms with Crippen LogP contribution in [0.3, 0.4) is 0 Å². The van der Waals surface area contributed by atoms with E-state index >= 15 is 0 Å². The van der Waals surface area contributed by atoms with Crippen molar-refractivity contribution in [3.63, 3.8) is 0 Å². The SMILES string of the molecule is CCc1cnccc1C(=O)Cc1cccc(OC)c1. The molecule has 0 amide bonds. The highest BCUT2D eigenvalue weighted by molar-refractivity contribution is 5.98. The molecule has 0 atom stereocenters. The number of Topliss-reactive ketones (excluding diaryl/α,β-unsaturated/α-hetero) is 1. The van der Waals surface area contributed by atoms with Gasteiger partial charge in [-0.05, 0) is 35.7 Å². The van der Waals surface area contributed by atoms with E-state index in [1.54, 1.807) is 25.6 Å². The van der Waals surface area contributed by atoms with Gasteiger partial charge in [-0.2, -0.15) is 0 Å². The Kier molecular flexibility index (Phi) is 4.29. The van der Waals surface area contributed by atoms with Crippen molar-refractivity contribution in [2.45, 2.75) is 19.8 Å². The average Bonchev–Trinajstić information content (AvgIpc) is 2.47. The lowest BCUT2D eigenvalue weighted by molar-refractivity contribution is 0.0992. The van der Waals surface area contributed by atoms with Gasteiger partial charge in [-0.15, -0.1) is 0 Å². The van der Waals surface area contributed by atoms with Gasteiger partial charge < -0.3 is 4.74 Å². The fraction of sp³-hybridized carbons (Fsp3) is 0.250. The van der Waals surface area contributed by atoms with Crippen LogP contribution in [0.4, 0.5) is 0 Å². The van der Waals surface area contributed by atoms with Crippen LogP contribution in [0.1, 0.15) is 28.4 Å². The molecule has 0 aliphatic carbocycles. The van der Waals surface area contributed by atoms with Gasteiger partial charge in [0.15, 0.2) is 5.78 Å². The molecule has 3 heteroatoms. The third-order valence-corrected chi connectivity index (χ3v) is 3.08. The van der Waals surface area contributed by atoms with Crippen molar-refractivity contribution in [3.05, 3.63) is 59.4 Å². The monoisotopic (exact) mass is 255 g/mol. The molecular weight excluding hydrogens is 238 g/mol. The van der Waals surface area contributed by atoms with Crippen LogP contribution in [0.25, 0.3) is 0 Å². The summed E-state index contributed by atoms with van der Waals surface area (Å²) >= 11 is 0. The quantitative estimate of drug-likeness (QED) is 0.771. The van der Waals surface area contributed by atoms with Gasteiger partial charge in [0, 0.05) is 24.4 Å². The highest BCUT2D eigenvalue weighted by Crippen LogP contribution is 2.16. The van der Waals surface area contributed by atoms with E-state index in [4.69, 9.17) is 4.74 Å². The highest BCUT2D eigenvalue weighted by atomic mass is 16.5. The van der Waals surface area contributed by atoms with E-state index in [-0.39, 0.29) is 5.78 Å². The van der Waals surface area contributed by atoms with E-state index in [9.17, 15) is 4.79 Å². The van der Waals surface area contributed by atoms with Crippen LogP contribution >= 0.6 is 0 Å². The van der Waals surface area contributed by atoms with Gasteiger partial charge in [0.25, 0.3) is 0 Å². The van der Waals surface area contributed by atoms with E-state index in [2.05, 4.69) is 4.98 Å². The zero-order chi connectivity index (χ0) is 13.7. The minimum Gasteiger partial charge on any atom is -0.497 e. The maximum absolute atomic E-state index is 12.3. The topological polar surface area (TPSA) is 39.2 Å². The van der Waals surface area contributed by atoms with E-state index in [0.717, 1.165) is 28.9 Å².